The SMILES string of the molecule is COCCCNC(=O)CC(=O)N1CCN(c2ccccc2OC)CC1. The molecule has 0 bridgehead atoms. The number of amides is 2. The van der Waals surface area contributed by atoms with Gasteiger partial charge in [0.05, 0.1) is 12.8 Å². The van der Waals surface area contributed by atoms with Gasteiger partial charge in [0.1, 0.15) is 12.2 Å². The topological polar surface area (TPSA) is 71.1 Å². The van der Waals surface area contributed by atoms with E-state index in [0.717, 1.165) is 30.9 Å². The lowest BCUT2D eigenvalue weighted by Gasteiger charge is -2.36. The molecule has 2 amide bonds. The van der Waals surface area contributed by atoms with Gasteiger partial charge in [0.2, 0.25) is 11.8 Å². The smallest absolute Gasteiger partial charge is 0.232 e. The predicted octanol–water partition coefficient (Wildman–Crippen LogP) is 0.887. The van der Waals surface area contributed by atoms with Crippen molar-refractivity contribution in [3.05, 3.63) is 24.3 Å². The van der Waals surface area contributed by atoms with Gasteiger partial charge in [0.25, 0.3) is 0 Å². The molecule has 1 aliphatic heterocycles. The molecule has 0 aromatic heterocycles. The molecule has 1 N–H and O–H groups in total. The first-order chi connectivity index (χ1) is 12.2. The van der Waals surface area contributed by atoms with Crippen molar-refractivity contribution < 1.29 is 19.1 Å². The van der Waals surface area contributed by atoms with Crippen molar-refractivity contribution >= 4 is 17.5 Å². The number of para-hydroxylation sites is 2. The minimum atomic E-state index is -0.228. The molecular weight excluding hydrogens is 322 g/mol. The van der Waals surface area contributed by atoms with E-state index in [4.69, 9.17) is 9.47 Å². The van der Waals surface area contributed by atoms with Gasteiger partial charge in [-0.15, -0.1) is 0 Å². The minimum absolute atomic E-state index is 0.0956. The third-order valence-corrected chi connectivity index (χ3v) is 4.22. The zero-order valence-electron chi connectivity index (χ0n) is 15.0. The van der Waals surface area contributed by atoms with E-state index in [0.29, 0.717) is 26.2 Å². The highest BCUT2D eigenvalue weighted by molar-refractivity contribution is 5.97. The number of hydrogen-bond donors (Lipinski definition) is 1. The van der Waals surface area contributed by atoms with E-state index >= 15 is 0 Å². The van der Waals surface area contributed by atoms with E-state index in [1.165, 1.54) is 0 Å². The molecule has 0 atom stereocenters. The average Bonchev–Trinajstić information content (AvgIpc) is 2.65. The number of ether oxygens (including phenoxy) is 2. The Hall–Kier alpha value is -2.28. The molecule has 138 valence electrons. The normalized spacial score (nSPS) is 14.3. The fourth-order valence-corrected chi connectivity index (χ4v) is 2.84. The second kappa shape index (κ2) is 9.88. The van der Waals surface area contributed by atoms with Gasteiger partial charge in [0.15, 0.2) is 0 Å². The van der Waals surface area contributed by atoms with Crippen LogP contribution in [0.15, 0.2) is 24.3 Å². The van der Waals surface area contributed by atoms with Crippen LogP contribution in [0.1, 0.15) is 12.8 Å². The third-order valence-electron chi connectivity index (χ3n) is 4.22. The quantitative estimate of drug-likeness (QED) is 0.557. The summed E-state index contributed by atoms with van der Waals surface area (Å²) < 4.78 is 10.3. The van der Waals surface area contributed by atoms with Crippen molar-refractivity contribution in [1.29, 1.82) is 0 Å². The lowest BCUT2D eigenvalue weighted by molar-refractivity contribution is -0.136. The Kier molecular flexibility index (Phi) is 7.53. The number of piperazine rings is 1. The Balaban J connectivity index is 1.77. The molecule has 25 heavy (non-hydrogen) atoms. The highest BCUT2D eigenvalue weighted by atomic mass is 16.5. The largest absolute Gasteiger partial charge is 0.495 e. The van der Waals surface area contributed by atoms with Gasteiger partial charge in [0, 0.05) is 46.4 Å². The number of methoxy groups -OCH3 is 2. The van der Waals surface area contributed by atoms with Crippen molar-refractivity contribution in [2.45, 2.75) is 12.8 Å². The van der Waals surface area contributed by atoms with Crippen LogP contribution in [0.4, 0.5) is 5.69 Å². The zero-order valence-corrected chi connectivity index (χ0v) is 15.0. The van der Waals surface area contributed by atoms with Gasteiger partial charge in [-0.3, -0.25) is 9.59 Å². The predicted molar refractivity (Wildman–Crippen MR) is 95.9 cm³/mol. The van der Waals surface area contributed by atoms with Crippen LogP contribution in [0, 0.1) is 0 Å². The second-order valence-corrected chi connectivity index (χ2v) is 5.91. The van der Waals surface area contributed by atoms with Crippen molar-refractivity contribution in [2.75, 3.05) is 58.5 Å². The molecule has 0 saturated carbocycles. The molecule has 1 fully saturated rings. The number of nitrogens with one attached hydrogen (secondary N) is 1. The van der Waals surface area contributed by atoms with Gasteiger partial charge in [-0.2, -0.15) is 0 Å². The number of carbonyl (C=O) groups is 2. The molecule has 1 heterocycles. The molecule has 7 heteroatoms. The maximum absolute atomic E-state index is 12.3. The van der Waals surface area contributed by atoms with E-state index in [1.807, 2.05) is 24.3 Å². The van der Waals surface area contributed by atoms with Crippen molar-refractivity contribution in [3.8, 4) is 5.75 Å². The summed E-state index contributed by atoms with van der Waals surface area (Å²) in [7, 11) is 3.28. The molecule has 0 spiro atoms. The fraction of sp³-hybridized carbons (Fsp3) is 0.556. The van der Waals surface area contributed by atoms with Gasteiger partial charge in [-0.1, -0.05) is 12.1 Å². The number of anilines is 1. The highest BCUT2D eigenvalue weighted by Crippen LogP contribution is 2.28. The second-order valence-electron chi connectivity index (χ2n) is 5.91. The Morgan fingerprint density at radius 3 is 2.52 bits per heavy atom. The first kappa shape index (κ1) is 19.1. The van der Waals surface area contributed by atoms with Crippen LogP contribution in [0.5, 0.6) is 5.75 Å². The first-order valence-electron chi connectivity index (χ1n) is 8.57. The highest BCUT2D eigenvalue weighted by Gasteiger charge is 2.24. The molecule has 0 radical (unpaired) electrons. The molecule has 2 rings (SSSR count). The summed E-state index contributed by atoms with van der Waals surface area (Å²) in [6.45, 7) is 3.78. The fourth-order valence-electron chi connectivity index (χ4n) is 2.84. The van der Waals surface area contributed by atoms with Crippen LogP contribution in [0.3, 0.4) is 0 Å². The Morgan fingerprint density at radius 1 is 1.12 bits per heavy atom. The third kappa shape index (κ3) is 5.63. The Labute approximate surface area is 148 Å². The Morgan fingerprint density at radius 2 is 1.84 bits per heavy atom. The summed E-state index contributed by atoms with van der Waals surface area (Å²) in [5, 5.41) is 2.74. The van der Waals surface area contributed by atoms with Crippen LogP contribution in [-0.2, 0) is 14.3 Å². The summed E-state index contributed by atoms with van der Waals surface area (Å²) >= 11 is 0. The molecule has 1 aromatic carbocycles. The minimum Gasteiger partial charge on any atom is -0.495 e. The monoisotopic (exact) mass is 349 g/mol. The van der Waals surface area contributed by atoms with E-state index in [1.54, 1.807) is 19.1 Å². The summed E-state index contributed by atoms with van der Waals surface area (Å²) in [5.74, 6) is 0.481. The Bertz CT molecular complexity index is 571. The maximum atomic E-state index is 12.3. The summed E-state index contributed by atoms with van der Waals surface area (Å²) in [6.07, 6.45) is 0.648. The summed E-state index contributed by atoms with van der Waals surface area (Å²) in [4.78, 5) is 28.0. The van der Waals surface area contributed by atoms with Gasteiger partial charge in [-0.05, 0) is 18.6 Å². The summed E-state index contributed by atoms with van der Waals surface area (Å²) in [6, 6.07) is 7.86. The van der Waals surface area contributed by atoms with Crippen LogP contribution < -0.4 is 15.0 Å². The van der Waals surface area contributed by atoms with Gasteiger partial charge >= 0.3 is 0 Å². The van der Waals surface area contributed by atoms with Crippen LogP contribution in [0.25, 0.3) is 0 Å². The molecular formula is C18H27N3O4. The van der Waals surface area contributed by atoms with Gasteiger partial charge in [-0.25, -0.2) is 0 Å². The molecule has 1 aromatic rings. The van der Waals surface area contributed by atoms with Crippen LogP contribution in [-0.4, -0.2) is 70.3 Å². The molecule has 1 aliphatic rings. The standard InChI is InChI=1S/C18H27N3O4/c1-24-13-5-8-19-17(22)14-18(23)21-11-9-20(10-12-21)15-6-3-4-7-16(15)25-2/h3-4,6-7H,5,8-14H2,1-2H3,(H,19,22). The van der Waals surface area contributed by atoms with Crippen LogP contribution in [0.2, 0.25) is 0 Å². The van der Waals surface area contributed by atoms with E-state index in [9.17, 15) is 9.59 Å². The molecule has 0 aliphatic carbocycles. The van der Waals surface area contributed by atoms with Crippen LogP contribution >= 0.6 is 0 Å². The molecule has 1 saturated heterocycles. The van der Waals surface area contributed by atoms with Gasteiger partial charge < -0.3 is 24.6 Å². The zero-order chi connectivity index (χ0) is 18.1. The summed E-state index contributed by atoms with van der Waals surface area (Å²) in [5.41, 5.74) is 1.04. The van der Waals surface area contributed by atoms with E-state index in [2.05, 4.69) is 10.2 Å². The lowest BCUT2D eigenvalue weighted by atomic mass is 10.2. The number of benzene rings is 1. The maximum Gasteiger partial charge on any atom is 0.232 e. The van der Waals surface area contributed by atoms with E-state index in [-0.39, 0.29) is 18.2 Å². The number of rotatable bonds is 8. The lowest BCUT2D eigenvalue weighted by Crippen LogP contribution is -2.49. The van der Waals surface area contributed by atoms with Crippen molar-refractivity contribution in [1.82, 2.24) is 10.2 Å². The number of hydrogen-bond acceptors (Lipinski definition) is 5. The molecule has 7 nitrogen and oxygen atoms in total. The van der Waals surface area contributed by atoms with Crippen molar-refractivity contribution in [2.24, 2.45) is 0 Å². The molecule has 0 unspecified atom stereocenters. The number of carbonyl (C=O) groups excluding carboxylic acids is 2. The van der Waals surface area contributed by atoms with Crippen molar-refractivity contribution in [3.63, 3.8) is 0 Å². The van der Waals surface area contributed by atoms with E-state index < -0.39 is 0 Å². The first-order valence-corrected chi connectivity index (χ1v) is 8.57. The number of nitrogens with zero attached hydrogens (tertiary/aromatic N) is 2. The average molecular weight is 349 g/mol.